The second kappa shape index (κ2) is 8.20. The predicted octanol–water partition coefficient (Wildman–Crippen LogP) is 4.98. The summed E-state index contributed by atoms with van der Waals surface area (Å²) in [5.41, 5.74) is 10.1. The molecule has 4 rings (SSSR count). The molecule has 1 fully saturated rings. The number of allylic oxidation sites excluding steroid dienone is 3. The van der Waals surface area contributed by atoms with Crippen LogP contribution < -0.4 is 15.5 Å². The SMILES string of the molecule is CC1=CC(=O)C[C@@H]2[C@@](C)(CC/C(C)=C/CN3CN(C)c4ncnc(N)c43)[C@H](C)CC[C@@]12C. The van der Waals surface area contributed by atoms with Crippen molar-refractivity contribution in [2.75, 3.05) is 35.8 Å². The van der Waals surface area contributed by atoms with Crippen LogP contribution in [0.15, 0.2) is 29.6 Å². The molecule has 2 aliphatic carbocycles. The van der Waals surface area contributed by atoms with E-state index in [2.05, 4.69) is 60.5 Å². The second-order valence-corrected chi connectivity index (χ2v) is 11.0. The second-order valence-electron chi connectivity index (χ2n) is 11.0. The van der Waals surface area contributed by atoms with Gasteiger partial charge in [0.25, 0.3) is 0 Å². The molecule has 0 spiro atoms. The Bertz CT molecular complexity index is 969. The average Bonchev–Trinajstić information content (AvgIpc) is 3.07. The van der Waals surface area contributed by atoms with Gasteiger partial charge in [0.1, 0.15) is 12.0 Å². The van der Waals surface area contributed by atoms with Crippen LogP contribution in [0.25, 0.3) is 0 Å². The zero-order chi connectivity index (χ0) is 23.3. The molecule has 0 radical (unpaired) electrons. The lowest BCUT2D eigenvalue weighted by molar-refractivity contribution is -0.123. The van der Waals surface area contributed by atoms with Crippen molar-refractivity contribution in [1.82, 2.24) is 9.97 Å². The minimum absolute atomic E-state index is 0.161. The number of hydrogen-bond acceptors (Lipinski definition) is 6. The maximum absolute atomic E-state index is 12.5. The number of hydrogen-bond donors (Lipinski definition) is 1. The largest absolute Gasteiger partial charge is 0.382 e. The van der Waals surface area contributed by atoms with Crippen molar-refractivity contribution in [3.63, 3.8) is 0 Å². The monoisotopic (exact) mass is 437 g/mol. The number of anilines is 3. The highest BCUT2D eigenvalue weighted by atomic mass is 16.1. The van der Waals surface area contributed by atoms with Gasteiger partial charge in [-0.15, -0.1) is 0 Å². The summed E-state index contributed by atoms with van der Waals surface area (Å²) in [7, 11) is 2.03. The Labute approximate surface area is 193 Å². The average molecular weight is 438 g/mol. The van der Waals surface area contributed by atoms with Gasteiger partial charge in [-0.05, 0) is 68.3 Å². The molecule has 32 heavy (non-hydrogen) atoms. The maximum Gasteiger partial charge on any atom is 0.159 e. The van der Waals surface area contributed by atoms with Gasteiger partial charge in [-0.1, -0.05) is 38.0 Å². The van der Waals surface area contributed by atoms with Crippen molar-refractivity contribution in [3.05, 3.63) is 29.6 Å². The number of ketones is 1. The van der Waals surface area contributed by atoms with E-state index in [4.69, 9.17) is 5.73 Å². The highest BCUT2D eigenvalue weighted by Crippen LogP contribution is 2.61. The first-order valence-corrected chi connectivity index (χ1v) is 12.0. The van der Waals surface area contributed by atoms with Crippen molar-refractivity contribution < 1.29 is 4.79 Å². The van der Waals surface area contributed by atoms with Crippen LogP contribution in [-0.2, 0) is 4.79 Å². The zero-order valence-corrected chi connectivity index (χ0v) is 20.6. The third-order valence-electron chi connectivity index (χ3n) is 9.08. The topological polar surface area (TPSA) is 75.4 Å². The number of aromatic nitrogens is 2. The summed E-state index contributed by atoms with van der Waals surface area (Å²) >= 11 is 0. The molecule has 1 aromatic rings. The summed E-state index contributed by atoms with van der Waals surface area (Å²) in [5, 5.41) is 0. The van der Waals surface area contributed by atoms with Crippen molar-refractivity contribution in [2.45, 2.75) is 66.7 Å². The van der Waals surface area contributed by atoms with E-state index in [1.807, 2.05) is 13.1 Å². The van der Waals surface area contributed by atoms with Crippen LogP contribution in [0.3, 0.4) is 0 Å². The highest BCUT2D eigenvalue weighted by Gasteiger charge is 2.54. The molecule has 174 valence electrons. The molecule has 1 aliphatic heterocycles. The first-order chi connectivity index (χ1) is 15.1. The molecule has 0 unspecified atom stereocenters. The van der Waals surface area contributed by atoms with Crippen LogP contribution >= 0.6 is 0 Å². The smallest absolute Gasteiger partial charge is 0.159 e. The lowest BCUT2D eigenvalue weighted by Gasteiger charge is -2.57. The molecule has 1 aromatic heterocycles. The molecule has 0 bridgehead atoms. The third kappa shape index (κ3) is 3.71. The summed E-state index contributed by atoms with van der Waals surface area (Å²) in [4.78, 5) is 25.4. The van der Waals surface area contributed by atoms with E-state index in [1.54, 1.807) is 0 Å². The molecule has 2 N–H and O–H groups in total. The van der Waals surface area contributed by atoms with Crippen LogP contribution in [0.2, 0.25) is 0 Å². The Balaban J connectivity index is 1.47. The highest BCUT2D eigenvalue weighted by molar-refractivity contribution is 5.92. The van der Waals surface area contributed by atoms with E-state index < -0.39 is 0 Å². The number of carbonyl (C=O) groups excluding carboxylic acids is 1. The third-order valence-corrected chi connectivity index (χ3v) is 9.08. The van der Waals surface area contributed by atoms with Crippen LogP contribution in [-0.4, -0.2) is 36.0 Å². The van der Waals surface area contributed by atoms with E-state index in [-0.39, 0.29) is 10.8 Å². The molecule has 0 saturated heterocycles. The standard InChI is InChI=1S/C26H39N5O/c1-17(9-12-31-16-30(6)24-22(31)23(27)28-15-29-24)7-10-25(4)18(2)8-11-26(5)19(3)13-20(32)14-21(25)26/h9,13,15,18,21H,7-8,10-12,14,16H2,1-6H3,(H2,27,28,29)/b17-9+/t18-,21-,25+,26+/m1/s1. The Hall–Kier alpha value is -2.37. The number of nitrogens with zero attached hydrogens (tertiary/aromatic N) is 4. The molecule has 4 atom stereocenters. The zero-order valence-electron chi connectivity index (χ0n) is 20.6. The van der Waals surface area contributed by atoms with Crippen LogP contribution in [0.4, 0.5) is 17.3 Å². The minimum Gasteiger partial charge on any atom is -0.382 e. The van der Waals surface area contributed by atoms with Gasteiger partial charge in [0, 0.05) is 20.0 Å². The number of carbonyl (C=O) groups is 1. The Morgan fingerprint density at radius 3 is 2.84 bits per heavy atom. The van der Waals surface area contributed by atoms with Gasteiger partial charge >= 0.3 is 0 Å². The first kappa shape index (κ1) is 22.8. The number of nitrogens with two attached hydrogens (primary N) is 1. The summed E-state index contributed by atoms with van der Waals surface area (Å²) in [6.07, 6.45) is 11.1. The molecule has 0 amide bonds. The Morgan fingerprint density at radius 1 is 1.34 bits per heavy atom. The fourth-order valence-corrected chi connectivity index (χ4v) is 6.45. The molecule has 3 aliphatic rings. The molecular formula is C26H39N5O. The van der Waals surface area contributed by atoms with Crippen LogP contribution in [0.1, 0.15) is 66.7 Å². The van der Waals surface area contributed by atoms with Gasteiger partial charge in [-0.3, -0.25) is 4.79 Å². The van der Waals surface area contributed by atoms with Crippen molar-refractivity contribution in [2.24, 2.45) is 22.7 Å². The molecule has 0 aromatic carbocycles. The fourth-order valence-electron chi connectivity index (χ4n) is 6.45. The normalized spacial score (nSPS) is 32.6. The predicted molar refractivity (Wildman–Crippen MR) is 132 cm³/mol. The maximum atomic E-state index is 12.5. The van der Waals surface area contributed by atoms with Gasteiger partial charge in [0.2, 0.25) is 0 Å². The quantitative estimate of drug-likeness (QED) is 0.655. The van der Waals surface area contributed by atoms with E-state index in [0.29, 0.717) is 29.9 Å². The Morgan fingerprint density at radius 2 is 2.09 bits per heavy atom. The van der Waals surface area contributed by atoms with Crippen molar-refractivity contribution in [1.29, 1.82) is 0 Å². The van der Waals surface area contributed by atoms with Gasteiger partial charge in [0.15, 0.2) is 17.4 Å². The fraction of sp³-hybridized carbons (Fsp3) is 0.654. The molecular weight excluding hydrogens is 398 g/mol. The molecule has 1 saturated carbocycles. The molecule has 2 heterocycles. The van der Waals surface area contributed by atoms with Gasteiger partial charge in [-0.2, -0.15) is 0 Å². The van der Waals surface area contributed by atoms with Gasteiger partial charge in [-0.25, -0.2) is 9.97 Å². The Kier molecular flexibility index (Phi) is 5.84. The van der Waals surface area contributed by atoms with E-state index in [0.717, 1.165) is 37.6 Å². The lowest BCUT2D eigenvalue weighted by atomic mass is 9.47. The molecule has 6 heteroatoms. The van der Waals surface area contributed by atoms with E-state index >= 15 is 0 Å². The van der Waals surface area contributed by atoms with Crippen molar-refractivity contribution in [3.8, 4) is 0 Å². The van der Waals surface area contributed by atoms with Gasteiger partial charge < -0.3 is 15.5 Å². The van der Waals surface area contributed by atoms with E-state index in [1.165, 1.54) is 30.3 Å². The molecule has 6 nitrogen and oxygen atoms in total. The number of nitrogen functional groups attached to an aromatic ring is 1. The van der Waals surface area contributed by atoms with Gasteiger partial charge in [0.05, 0.1) is 6.67 Å². The minimum atomic E-state index is 0.161. The lowest BCUT2D eigenvalue weighted by Crippen LogP contribution is -2.50. The van der Waals surface area contributed by atoms with Crippen molar-refractivity contribution >= 4 is 23.1 Å². The number of fused-ring (bicyclic) bond motifs is 2. The summed E-state index contributed by atoms with van der Waals surface area (Å²) in [5.74, 6) is 2.81. The van der Waals surface area contributed by atoms with Crippen LogP contribution in [0, 0.1) is 22.7 Å². The van der Waals surface area contributed by atoms with Crippen LogP contribution in [0.5, 0.6) is 0 Å². The summed E-state index contributed by atoms with van der Waals surface area (Å²) < 4.78 is 0. The van der Waals surface area contributed by atoms with E-state index in [9.17, 15) is 4.79 Å². The summed E-state index contributed by atoms with van der Waals surface area (Å²) in [6, 6.07) is 0. The summed E-state index contributed by atoms with van der Waals surface area (Å²) in [6.45, 7) is 13.2. The number of rotatable bonds is 5. The first-order valence-electron chi connectivity index (χ1n) is 12.0.